The Bertz CT molecular complexity index is 779. The number of ether oxygens (including phenoxy) is 1. The molecule has 2 heterocycles. The first-order valence-corrected chi connectivity index (χ1v) is 9.57. The highest BCUT2D eigenvalue weighted by Crippen LogP contribution is 2.23. The number of nitrogens with one attached hydrogen (secondary N) is 1. The summed E-state index contributed by atoms with van der Waals surface area (Å²) in [5.74, 6) is 0.323. The average Bonchev–Trinajstić information content (AvgIpc) is 3.20. The van der Waals surface area contributed by atoms with Gasteiger partial charge in [0.15, 0.2) is 0 Å². The molecule has 3 rings (SSSR count). The molecular formula is C20H26ClN3O2. The summed E-state index contributed by atoms with van der Waals surface area (Å²) in [5, 5.41) is 8.40. The third kappa shape index (κ3) is 4.27. The zero-order chi connectivity index (χ0) is 18.7. The summed E-state index contributed by atoms with van der Waals surface area (Å²) in [6.07, 6.45) is 2.93. The Balaban J connectivity index is 1.89. The van der Waals surface area contributed by atoms with Crippen molar-refractivity contribution in [1.82, 2.24) is 15.1 Å². The molecule has 0 aliphatic carbocycles. The summed E-state index contributed by atoms with van der Waals surface area (Å²) >= 11 is 6.13. The molecule has 1 saturated heterocycles. The summed E-state index contributed by atoms with van der Waals surface area (Å²) < 4.78 is 7.41. The number of carbonyl (C=O) groups is 1. The number of rotatable bonds is 6. The molecule has 1 N–H and O–H groups in total. The van der Waals surface area contributed by atoms with Crippen LogP contribution in [0, 0.1) is 12.8 Å². The van der Waals surface area contributed by atoms with Gasteiger partial charge in [-0.2, -0.15) is 5.10 Å². The molecule has 140 valence electrons. The lowest BCUT2D eigenvalue weighted by molar-refractivity contribution is 0.0856. The maximum absolute atomic E-state index is 12.9. The van der Waals surface area contributed by atoms with Crippen LogP contribution >= 0.6 is 11.6 Å². The molecule has 1 fully saturated rings. The lowest BCUT2D eigenvalue weighted by atomic mass is 10.0. The monoisotopic (exact) mass is 375 g/mol. The van der Waals surface area contributed by atoms with E-state index in [2.05, 4.69) is 19.2 Å². The van der Waals surface area contributed by atoms with Crippen molar-refractivity contribution in [3.05, 3.63) is 46.2 Å². The van der Waals surface area contributed by atoms with Gasteiger partial charge < -0.3 is 10.1 Å². The Kier molecular flexibility index (Phi) is 5.99. The van der Waals surface area contributed by atoms with Gasteiger partial charge in [0, 0.05) is 18.2 Å². The van der Waals surface area contributed by atoms with E-state index in [0.29, 0.717) is 23.0 Å². The van der Waals surface area contributed by atoms with Crippen molar-refractivity contribution < 1.29 is 9.53 Å². The van der Waals surface area contributed by atoms with Gasteiger partial charge in [0.25, 0.3) is 5.91 Å². The first-order chi connectivity index (χ1) is 12.5. The largest absolute Gasteiger partial charge is 0.376 e. The van der Waals surface area contributed by atoms with Gasteiger partial charge in [-0.25, -0.2) is 4.68 Å². The highest BCUT2D eigenvalue weighted by atomic mass is 35.5. The second-order valence-electron chi connectivity index (χ2n) is 7.24. The average molecular weight is 376 g/mol. The summed E-state index contributed by atoms with van der Waals surface area (Å²) in [6.45, 7) is 7.51. The highest BCUT2D eigenvalue weighted by Gasteiger charge is 2.24. The van der Waals surface area contributed by atoms with Crippen LogP contribution in [0.15, 0.2) is 24.3 Å². The lowest BCUT2D eigenvalue weighted by Crippen LogP contribution is -2.32. The quantitative estimate of drug-likeness (QED) is 0.831. The van der Waals surface area contributed by atoms with Crippen molar-refractivity contribution in [2.24, 2.45) is 5.92 Å². The molecule has 1 aliphatic heterocycles. The third-order valence-electron chi connectivity index (χ3n) is 4.58. The van der Waals surface area contributed by atoms with Crippen LogP contribution < -0.4 is 5.32 Å². The zero-order valence-corrected chi connectivity index (χ0v) is 16.3. The number of hydrogen-bond donors (Lipinski definition) is 1. The Morgan fingerprint density at radius 2 is 2.27 bits per heavy atom. The van der Waals surface area contributed by atoms with Crippen molar-refractivity contribution in [3.8, 4) is 5.69 Å². The van der Waals surface area contributed by atoms with Gasteiger partial charge in [-0.05, 0) is 50.3 Å². The summed E-state index contributed by atoms with van der Waals surface area (Å²) in [5.41, 5.74) is 3.17. The van der Waals surface area contributed by atoms with Gasteiger partial charge >= 0.3 is 0 Å². The molecule has 1 atom stereocenters. The Hall–Kier alpha value is -1.85. The summed E-state index contributed by atoms with van der Waals surface area (Å²) in [4.78, 5) is 12.9. The van der Waals surface area contributed by atoms with Crippen molar-refractivity contribution in [2.45, 2.75) is 46.1 Å². The molecule has 0 unspecified atom stereocenters. The highest BCUT2D eigenvalue weighted by molar-refractivity contribution is 6.30. The Morgan fingerprint density at radius 1 is 1.46 bits per heavy atom. The van der Waals surface area contributed by atoms with E-state index in [9.17, 15) is 4.79 Å². The molecule has 2 aromatic rings. The van der Waals surface area contributed by atoms with E-state index in [1.165, 1.54) is 0 Å². The maximum Gasteiger partial charge on any atom is 0.255 e. The van der Waals surface area contributed by atoms with E-state index in [1.807, 2.05) is 35.9 Å². The third-order valence-corrected chi connectivity index (χ3v) is 4.82. The lowest BCUT2D eigenvalue weighted by Gasteiger charge is -2.12. The molecule has 6 heteroatoms. The van der Waals surface area contributed by atoms with Crippen LogP contribution in [-0.4, -0.2) is 34.9 Å². The van der Waals surface area contributed by atoms with E-state index in [-0.39, 0.29) is 12.0 Å². The molecule has 0 spiro atoms. The maximum atomic E-state index is 12.9. The van der Waals surface area contributed by atoms with Crippen molar-refractivity contribution in [3.63, 3.8) is 0 Å². The van der Waals surface area contributed by atoms with E-state index in [4.69, 9.17) is 21.4 Å². The van der Waals surface area contributed by atoms with Crippen molar-refractivity contribution >= 4 is 17.5 Å². The molecule has 1 amide bonds. The fourth-order valence-electron chi connectivity index (χ4n) is 3.34. The van der Waals surface area contributed by atoms with E-state index < -0.39 is 0 Å². The van der Waals surface area contributed by atoms with Gasteiger partial charge in [0.05, 0.1) is 28.7 Å². The van der Waals surface area contributed by atoms with E-state index in [1.54, 1.807) is 0 Å². The van der Waals surface area contributed by atoms with Gasteiger partial charge in [0.2, 0.25) is 0 Å². The van der Waals surface area contributed by atoms with Gasteiger partial charge in [-0.1, -0.05) is 31.5 Å². The van der Waals surface area contributed by atoms with Crippen LogP contribution in [0.3, 0.4) is 0 Å². The number of benzene rings is 1. The molecule has 1 aromatic heterocycles. The predicted octanol–water partition coefficient (Wildman–Crippen LogP) is 3.94. The topological polar surface area (TPSA) is 56.1 Å². The van der Waals surface area contributed by atoms with Gasteiger partial charge in [0.1, 0.15) is 0 Å². The molecule has 1 aliphatic rings. The summed E-state index contributed by atoms with van der Waals surface area (Å²) in [7, 11) is 0. The minimum Gasteiger partial charge on any atom is -0.376 e. The van der Waals surface area contributed by atoms with Crippen LogP contribution in [-0.2, 0) is 11.2 Å². The standard InChI is InChI=1S/C20H26ClN3O2/c1-13(2)10-18-19(20(25)22-12-17-8-5-9-26-17)14(3)24(23-18)16-7-4-6-15(21)11-16/h4,6-7,11,13,17H,5,8-10,12H2,1-3H3,(H,22,25)/t17-/m0/s1. The van der Waals surface area contributed by atoms with E-state index in [0.717, 1.165) is 42.9 Å². The minimum atomic E-state index is -0.0815. The zero-order valence-electron chi connectivity index (χ0n) is 15.6. The molecule has 0 radical (unpaired) electrons. The molecule has 0 bridgehead atoms. The number of halogens is 1. The Labute approximate surface area is 159 Å². The number of amides is 1. The number of carbonyl (C=O) groups excluding carboxylic acids is 1. The predicted molar refractivity (Wildman–Crippen MR) is 103 cm³/mol. The SMILES string of the molecule is Cc1c(C(=O)NC[C@@H]2CCCO2)c(CC(C)C)nn1-c1cccc(Cl)c1. The smallest absolute Gasteiger partial charge is 0.255 e. The Morgan fingerprint density at radius 3 is 2.92 bits per heavy atom. The first kappa shape index (κ1) is 18.9. The molecular weight excluding hydrogens is 350 g/mol. The minimum absolute atomic E-state index is 0.0815. The molecule has 26 heavy (non-hydrogen) atoms. The van der Waals surface area contributed by atoms with E-state index >= 15 is 0 Å². The van der Waals surface area contributed by atoms with Crippen LogP contribution in [0.1, 0.15) is 48.4 Å². The number of aromatic nitrogens is 2. The fraction of sp³-hybridized carbons (Fsp3) is 0.500. The number of hydrogen-bond acceptors (Lipinski definition) is 3. The second kappa shape index (κ2) is 8.23. The molecule has 1 aromatic carbocycles. The fourth-order valence-corrected chi connectivity index (χ4v) is 3.53. The summed E-state index contributed by atoms with van der Waals surface area (Å²) in [6, 6.07) is 7.51. The van der Waals surface area contributed by atoms with Crippen molar-refractivity contribution in [1.29, 1.82) is 0 Å². The van der Waals surface area contributed by atoms with Crippen LogP contribution in [0.2, 0.25) is 5.02 Å². The van der Waals surface area contributed by atoms with Gasteiger partial charge in [-0.3, -0.25) is 4.79 Å². The van der Waals surface area contributed by atoms with Crippen LogP contribution in [0.25, 0.3) is 5.69 Å². The molecule has 5 nitrogen and oxygen atoms in total. The van der Waals surface area contributed by atoms with Crippen LogP contribution in [0.4, 0.5) is 0 Å². The number of nitrogens with zero attached hydrogens (tertiary/aromatic N) is 2. The molecule has 0 saturated carbocycles. The second-order valence-corrected chi connectivity index (χ2v) is 7.68. The van der Waals surface area contributed by atoms with Gasteiger partial charge in [-0.15, -0.1) is 0 Å². The van der Waals surface area contributed by atoms with Crippen molar-refractivity contribution in [2.75, 3.05) is 13.2 Å². The normalized spacial score (nSPS) is 17.0. The van der Waals surface area contributed by atoms with Crippen LogP contribution in [0.5, 0.6) is 0 Å². The first-order valence-electron chi connectivity index (χ1n) is 9.20.